The molecule has 0 aliphatic carbocycles. The van der Waals surface area contributed by atoms with Crippen molar-refractivity contribution in [3.8, 4) is 11.5 Å². The number of rotatable bonds is 11. The molecule has 0 atom stereocenters. The molecule has 0 unspecified atom stereocenters. The van der Waals surface area contributed by atoms with Crippen molar-refractivity contribution >= 4 is 17.4 Å². The summed E-state index contributed by atoms with van der Waals surface area (Å²) >= 11 is 0. The van der Waals surface area contributed by atoms with Crippen LogP contribution in [0.5, 0.6) is 11.5 Å². The molecule has 3 aromatic rings. The minimum Gasteiger partial charge on any atom is -0.489 e. The third-order valence-electron chi connectivity index (χ3n) is 5.14. The number of carbonyl (C=O) groups excluding carboxylic acids is 1. The molecule has 1 N–H and O–H groups in total. The zero-order valence-electron chi connectivity index (χ0n) is 18.6. The van der Waals surface area contributed by atoms with E-state index >= 15 is 0 Å². The molecule has 170 valence electrons. The van der Waals surface area contributed by atoms with Crippen molar-refractivity contribution in [1.82, 2.24) is 4.90 Å². The van der Waals surface area contributed by atoms with Gasteiger partial charge in [-0.3, -0.25) is 4.79 Å². The smallest absolute Gasteiger partial charge is 0.335 e. The average Bonchev–Trinajstić information content (AvgIpc) is 2.85. The van der Waals surface area contributed by atoms with E-state index in [9.17, 15) is 14.7 Å². The predicted octanol–water partition coefficient (Wildman–Crippen LogP) is 4.44. The lowest BCUT2D eigenvalue weighted by Gasteiger charge is -2.19. The molecule has 3 aromatic carbocycles. The maximum absolute atomic E-state index is 12.6. The Morgan fingerprint density at radius 2 is 1.55 bits per heavy atom. The van der Waals surface area contributed by atoms with Crippen LogP contribution in [-0.2, 0) is 22.6 Å². The monoisotopic (exact) mass is 445 g/mol. The summed E-state index contributed by atoms with van der Waals surface area (Å²) in [7, 11) is 1.71. The summed E-state index contributed by atoms with van der Waals surface area (Å²) < 4.78 is 11.6. The Labute approximate surface area is 193 Å². The van der Waals surface area contributed by atoms with E-state index in [-0.39, 0.29) is 23.8 Å². The first-order valence-corrected chi connectivity index (χ1v) is 10.6. The summed E-state index contributed by atoms with van der Waals surface area (Å²) in [5.41, 5.74) is 2.31. The minimum absolute atomic E-state index is 0.121. The number of likely N-dealkylation sites (N-methyl/N-ethyl adjacent to an activating group) is 1. The standard InChI is InChI=1S/C27H27NO5/c1-20(27(30)31)24-14-13-23(32-18-22-11-7-4-8-12-22)17-25(24)33-19-26(29)28(2)16-15-21-9-5-3-6-10-21/h3-14,17H,1,15-16,18-19H2,2H3,(H,30,31). The molecule has 6 nitrogen and oxygen atoms in total. The number of hydrogen-bond acceptors (Lipinski definition) is 4. The van der Waals surface area contributed by atoms with Crippen molar-refractivity contribution < 1.29 is 24.2 Å². The molecule has 0 bridgehead atoms. The van der Waals surface area contributed by atoms with Crippen molar-refractivity contribution in [3.63, 3.8) is 0 Å². The van der Waals surface area contributed by atoms with Crippen molar-refractivity contribution in [2.75, 3.05) is 20.2 Å². The second kappa shape index (κ2) is 11.5. The molecule has 1 amide bonds. The van der Waals surface area contributed by atoms with Gasteiger partial charge in [0.2, 0.25) is 0 Å². The molecular weight excluding hydrogens is 418 g/mol. The second-order valence-corrected chi connectivity index (χ2v) is 7.56. The van der Waals surface area contributed by atoms with E-state index in [2.05, 4.69) is 6.58 Å². The van der Waals surface area contributed by atoms with Crippen molar-refractivity contribution in [3.05, 3.63) is 102 Å². The van der Waals surface area contributed by atoms with Crippen LogP contribution in [0.15, 0.2) is 85.4 Å². The molecule has 0 saturated heterocycles. The van der Waals surface area contributed by atoms with Gasteiger partial charge in [-0.25, -0.2) is 4.79 Å². The highest BCUT2D eigenvalue weighted by atomic mass is 16.5. The van der Waals surface area contributed by atoms with Crippen LogP contribution in [0, 0.1) is 0 Å². The van der Waals surface area contributed by atoms with Gasteiger partial charge in [0, 0.05) is 25.2 Å². The largest absolute Gasteiger partial charge is 0.489 e. The van der Waals surface area contributed by atoms with E-state index in [1.165, 1.54) is 0 Å². The molecular formula is C27H27NO5. The van der Waals surface area contributed by atoms with Gasteiger partial charge in [0.05, 0.1) is 5.57 Å². The Morgan fingerprint density at radius 3 is 2.18 bits per heavy atom. The van der Waals surface area contributed by atoms with Crippen LogP contribution in [0.3, 0.4) is 0 Å². The highest BCUT2D eigenvalue weighted by molar-refractivity contribution is 6.15. The lowest BCUT2D eigenvalue weighted by molar-refractivity contribution is -0.132. The number of carboxylic acid groups (broad SMARTS) is 1. The van der Waals surface area contributed by atoms with E-state index in [1.54, 1.807) is 30.1 Å². The van der Waals surface area contributed by atoms with Crippen LogP contribution in [0.4, 0.5) is 0 Å². The Balaban J connectivity index is 1.65. The van der Waals surface area contributed by atoms with Crippen LogP contribution in [-0.4, -0.2) is 42.1 Å². The number of carbonyl (C=O) groups is 2. The van der Waals surface area contributed by atoms with Crippen molar-refractivity contribution in [1.29, 1.82) is 0 Å². The van der Waals surface area contributed by atoms with Gasteiger partial charge in [-0.05, 0) is 29.7 Å². The van der Waals surface area contributed by atoms with Crippen LogP contribution in [0.1, 0.15) is 16.7 Å². The third-order valence-corrected chi connectivity index (χ3v) is 5.14. The van der Waals surface area contributed by atoms with Crippen molar-refractivity contribution in [2.24, 2.45) is 0 Å². The number of benzene rings is 3. The first-order chi connectivity index (χ1) is 15.9. The Bertz CT molecular complexity index is 1100. The molecule has 33 heavy (non-hydrogen) atoms. The Kier molecular flexibility index (Phi) is 8.24. The van der Waals surface area contributed by atoms with Gasteiger partial charge in [0.1, 0.15) is 18.1 Å². The Morgan fingerprint density at radius 1 is 0.909 bits per heavy atom. The van der Waals surface area contributed by atoms with E-state index in [1.807, 2.05) is 60.7 Å². The SMILES string of the molecule is C=C(C(=O)O)c1ccc(OCc2ccccc2)cc1OCC(=O)N(C)CCc1ccccc1. The number of ether oxygens (including phenoxy) is 2. The number of aliphatic carboxylic acids is 1. The molecule has 0 fully saturated rings. The van der Waals surface area contributed by atoms with Gasteiger partial charge in [0.15, 0.2) is 6.61 Å². The summed E-state index contributed by atoms with van der Waals surface area (Å²) in [4.78, 5) is 25.6. The van der Waals surface area contributed by atoms with E-state index in [0.717, 1.165) is 17.5 Å². The zero-order valence-corrected chi connectivity index (χ0v) is 18.6. The lowest BCUT2D eigenvalue weighted by Crippen LogP contribution is -2.33. The van der Waals surface area contributed by atoms with Gasteiger partial charge in [-0.1, -0.05) is 67.2 Å². The van der Waals surface area contributed by atoms with Crippen LogP contribution < -0.4 is 9.47 Å². The van der Waals surface area contributed by atoms with Gasteiger partial charge in [-0.15, -0.1) is 0 Å². The third kappa shape index (κ3) is 6.97. The second-order valence-electron chi connectivity index (χ2n) is 7.56. The van der Waals surface area contributed by atoms with Gasteiger partial charge < -0.3 is 19.5 Å². The van der Waals surface area contributed by atoms with Crippen molar-refractivity contribution in [2.45, 2.75) is 13.0 Å². The van der Waals surface area contributed by atoms with Crippen LogP contribution in [0.2, 0.25) is 0 Å². The fourth-order valence-electron chi connectivity index (χ4n) is 3.13. The number of carboxylic acids is 1. The molecule has 3 rings (SSSR count). The van der Waals surface area contributed by atoms with Crippen LogP contribution >= 0.6 is 0 Å². The molecule has 0 aliphatic rings. The van der Waals surface area contributed by atoms with Gasteiger partial charge in [0.25, 0.3) is 5.91 Å². The fourth-order valence-corrected chi connectivity index (χ4v) is 3.13. The van der Waals surface area contributed by atoms with Gasteiger partial charge >= 0.3 is 5.97 Å². The zero-order chi connectivity index (χ0) is 23.6. The highest BCUT2D eigenvalue weighted by Gasteiger charge is 2.17. The summed E-state index contributed by atoms with van der Waals surface area (Å²) in [6.45, 7) is 4.28. The van der Waals surface area contributed by atoms with Gasteiger partial charge in [-0.2, -0.15) is 0 Å². The highest BCUT2D eigenvalue weighted by Crippen LogP contribution is 2.30. The van der Waals surface area contributed by atoms with E-state index in [4.69, 9.17) is 9.47 Å². The van der Waals surface area contributed by atoms with E-state index < -0.39 is 5.97 Å². The topological polar surface area (TPSA) is 76.1 Å². The molecule has 0 aromatic heterocycles. The molecule has 0 spiro atoms. The number of amides is 1. The lowest BCUT2D eigenvalue weighted by atomic mass is 10.1. The first-order valence-electron chi connectivity index (χ1n) is 10.6. The van der Waals surface area contributed by atoms with E-state index in [0.29, 0.717) is 24.5 Å². The average molecular weight is 446 g/mol. The normalized spacial score (nSPS) is 10.3. The predicted molar refractivity (Wildman–Crippen MR) is 127 cm³/mol. The summed E-state index contributed by atoms with van der Waals surface area (Å²) in [5.74, 6) is -0.643. The molecule has 0 heterocycles. The number of nitrogens with zero attached hydrogens (tertiary/aromatic N) is 1. The maximum Gasteiger partial charge on any atom is 0.335 e. The first kappa shape index (κ1) is 23.6. The summed E-state index contributed by atoms with van der Waals surface area (Å²) in [6.07, 6.45) is 0.729. The number of hydrogen-bond donors (Lipinski definition) is 1. The molecule has 6 heteroatoms. The fraction of sp³-hybridized carbons (Fsp3) is 0.185. The molecule has 0 saturated carbocycles. The van der Waals surface area contributed by atoms with Crippen LogP contribution in [0.25, 0.3) is 5.57 Å². The quantitative estimate of drug-likeness (QED) is 0.442. The maximum atomic E-state index is 12.6. The minimum atomic E-state index is -1.16. The molecule has 0 radical (unpaired) electrons. The summed E-state index contributed by atoms with van der Waals surface area (Å²) in [6, 6.07) is 24.4. The molecule has 0 aliphatic heterocycles. The Hall–Kier alpha value is -4.06. The summed E-state index contributed by atoms with van der Waals surface area (Å²) in [5, 5.41) is 9.36.